The molecule has 31 heavy (non-hydrogen) atoms. The number of anilines is 1. The van der Waals surface area contributed by atoms with Crippen molar-refractivity contribution in [2.24, 2.45) is 0 Å². The molecular weight excluding hydrogens is 397 g/mol. The zero-order valence-corrected chi connectivity index (χ0v) is 18.1. The van der Waals surface area contributed by atoms with Crippen LogP contribution in [0.3, 0.4) is 0 Å². The molecule has 2 N–H and O–H groups in total. The summed E-state index contributed by atoms with van der Waals surface area (Å²) in [5.41, 5.74) is 3.93. The molecule has 0 aliphatic carbocycles. The van der Waals surface area contributed by atoms with Crippen LogP contribution < -0.4 is 15.0 Å². The van der Waals surface area contributed by atoms with E-state index < -0.39 is 0 Å². The summed E-state index contributed by atoms with van der Waals surface area (Å²) in [4.78, 5) is 14.2. The molecule has 1 atom stereocenters. The fraction of sp³-hybridized carbons (Fsp3) is 0.409. The van der Waals surface area contributed by atoms with Gasteiger partial charge in [0.15, 0.2) is 23.0 Å². The van der Waals surface area contributed by atoms with E-state index >= 15 is 4.39 Å². The van der Waals surface area contributed by atoms with Gasteiger partial charge in [-0.1, -0.05) is 13.8 Å². The van der Waals surface area contributed by atoms with Gasteiger partial charge in [-0.2, -0.15) is 5.10 Å². The van der Waals surface area contributed by atoms with Gasteiger partial charge in [0.1, 0.15) is 6.33 Å². The van der Waals surface area contributed by atoms with Crippen LogP contribution >= 0.6 is 0 Å². The third-order valence-electron chi connectivity index (χ3n) is 6.00. The van der Waals surface area contributed by atoms with Crippen LogP contribution in [0.5, 0.6) is 5.75 Å². The van der Waals surface area contributed by atoms with E-state index in [0.29, 0.717) is 28.1 Å². The number of aromatic nitrogens is 5. The van der Waals surface area contributed by atoms with Crippen molar-refractivity contribution in [3.05, 3.63) is 36.2 Å². The Morgan fingerprint density at radius 3 is 2.87 bits per heavy atom. The van der Waals surface area contributed by atoms with E-state index in [1.165, 1.54) is 6.33 Å². The maximum atomic E-state index is 15.9. The summed E-state index contributed by atoms with van der Waals surface area (Å²) in [7, 11) is 1.60. The summed E-state index contributed by atoms with van der Waals surface area (Å²) >= 11 is 0. The molecule has 1 aliphatic rings. The van der Waals surface area contributed by atoms with Crippen LogP contribution in [0, 0.1) is 5.82 Å². The maximum absolute atomic E-state index is 15.9. The molecular formula is C22H26FN7O. The van der Waals surface area contributed by atoms with E-state index in [1.54, 1.807) is 17.8 Å². The van der Waals surface area contributed by atoms with Gasteiger partial charge in [-0.3, -0.25) is 0 Å². The maximum Gasteiger partial charge on any atom is 0.197 e. The minimum Gasteiger partial charge on any atom is -0.493 e. The molecule has 0 amide bonds. The Labute approximate surface area is 179 Å². The lowest BCUT2D eigenvalue weighted by molar-refractivity contribution is 0.416. The first-order valence-electron chi connectivity index (χ1n) is 10.5. The molecule has 5 rings (SSSR count). The molecule has 0 spiro atoms. The number of ether oxygens (including phenoxy) is 1. The fourth-order valence-electron chi connectivity index (χ4n) is 4.51. The summed E-state index contributed by atoms with van der Waals surface area (Å²) in [6, 6.07) is 2.08. The summed E-state index contributed by atoms with van der Waals surface area (Å²) in [6.45, 7) is 8.59. The summed E-state index contributed by atoms with van der Waals surface area (Å²) in [6.07, 6.45) is 5.11. The van der Waals surface area contributed by atoms with Crippen LogP contribution in [-0.2, 0) is 0 Å². The van der Waals surface area contributed by atoms with Gasteiger partial charge in [0.2, 0.25) is 0 Å². The second kappa shape index (κ2) is 7.49. The average molecular weight is 423 g/mol. The number of nitrogens with one attached hydrogen (secondary N) is 2. The van der Waals surface area contributed by atoms with E-state index in [0.717, 1.165) is 36.5 Å². The molecule has 4 aromatic heterocycles. The largest absolute Gasteiger partial charge is 0.493 e. The monoisotopic (exact) mass is 423 g/mol. The molecule has 0 aromatic carbocycles. The Bertz CT molecular complexity index is 1260. The number of hydrogen-bond acceptors (Lipinski definition) is 6. The second-order valence-electron chi connectivity index (χ2n) is 8.32. The first-order valence-corrected chi connectivity index (χ1v) is 10.5. The van der Waals surface area contributed by atoms with Crippen molar-refractivity contribution in [2.75, 3.05) is 31.6 Å². The normalized spacial score (nSPS) is 17.2. The van der Waals surface area contributed by atoms with Crippen molar-refractivity contribution in [3.8, 4) is 17.0 Å². The van der Waals surface area contributed by atoms with Crippen molar-refractivity contribution in [1.82, 2.24) is 29.9 Å². The Kier molecular flexibility index (Phi) is 4.77. The van der Waals surface area contributed by atoms with Gasteiger partial charge in [-0.05, 0) is 24.5 Å². The highest BCUT2D eigenvalue weighted by atomic mass is 19.1. The number of rotatable bonds is 4. The van der Waals surface area contributed by atoms with Gasteiger partial charge in [0.05, 0.1) is 24.5 Å². The number of H-pyrrole nitrogens is 1. The van der Waals surface area contributed by atoms with Crippen LogP contribution in [0.2, 0.25) is 0 Å². The highest BCUT2D eigenvalue weighted by Gasteiger charge is 2.27. The van der Waals surface area contributed by atoms with Crippen molar-refractivity contribution < 1.29 is 9.13 Å². The number of nitrogens with zero attached hydrogens (tertiary/aromatic N) is 5. The molecule has 9 heteroatoms. The van der Waals surface area contributed by atoms with Crippen LogP contribution in [0.1, 0.15) is 32.3 Å². The molecule has 0 saturated carbocycles. The smallest absolute Gasteiger partial charge is 0.197 e. The molecule has 1 saturated heterocycles. The number of methoxy groups -OCH3 is 1. The second-order valence-corrected chi connectivity index (χ2v) is 8.32. The van der Waals surface area contributed by atoms with Gasteiger partial charge in [0, 0.05) is 42.8 Å². The molecule has 0 bridgehead atoms. The zero-order chi connectivity index (χ0) is 21.7. The van der Waals surface area contributed by atoms with E-state index in [9.17, 15) is 0 Å². The van der Waals surface area contributed by atoms with Crippen LogP contribution in [-0.4, -0.2) is 57.4 Å². The molecule has 162 valence electrons. The van der Waals surface area contributed by atoms with Crippen molar-refractivity contribution >= 4 is 22.4 Å². The van der Waals surface area contributed by atoms with Gasteiger partial charge < -0.3 is 19.9 Å². The SMILES string of the molecule is COc1cc(-c2[nH]c3cnc(N4CCNCC4C)c(F)c3c2C(C)C)cn2ncnc12. The van der Waals surface area contributed by atoms with Crippen LogP contribution in [0.25, 0.3) is 27.8 Å². The number of hydrogen-bond donors (Lipinski definition) is 2. The Morgan fingerprint density at radius 2 is 2.13 bits per heavy atom. The van der Waals surface area contributed by atoms with Gasteiger partial charge in [-0.25, -0.2) is 18.9 Å². The quantitative estimate of drug-likeness (QED) is 0.524. The molecule has 8 nitrogen and oxygen atoms in total. The lowest BCUT2D eigenvalue weighted by Gasteiger charge is -2.35. The molecule has 1 unspecified atom stereocenters. The van der Waals surface area contributed by atoms with Crippen LogP contribution in [0.4, 0.5) is 10.2 Å². The van der Waals surface area contributed by atoms with E-state index in [1.807, 2.05) is 17.2 Å². The van der Waals surface area contributed by atoms with E-state index in [4.69, 9.17) is 4.74 Å². The standard InChI is InChI=1S/C22H26FN7O/c1-12(2)17-18-15(9-25-22(19(18)23)29-6-5-24-8-13(29)3)28-20(17)14-7-16(31-4)21-26-11-27-30(21)10-14/h7,9-13,24,28H,5-6,8H2,1-4H3. The number of fused-ring (bicyclic) bond motifs is 2. The van der Waals surface area contributed by atoms with Crippen LogP contribution in [0.15, 0.2) is 24.8 Å². The molecule has 0 radical (unpaired) electrons. The van der Waals surface area contributed by atoms with Gasteiger partial charge in [0.25, 0.3) is 0 Å². The Hall–Kier alpha value is -3.20. The summed E-state index contributed by atoms with van der Waals surface area (Å²) < 4.78 is 23.1. The molecule has 1 fully saturated rings. The third-order valence-corrected chi connectivity index (χ3v) is 6.00. The fourth-order valence-corrected chi connectivity index (χ4v) is 4.51. The molecule has 4 aromatic rings. The lowest BCUT2D eigenvalue weighted by Crippen LogP contribution is -2.50. The highest BCUT2D eigenvalue weighted by molar-refractivity contribution is 5.93. The minimum absolute atomic E-state index is 0.0892. The summed E-state index contributed by atoms with van der Waals surface area (Å²) in [5.74, 6) is 0.841. The van der Waals surface area contributed by atoms with Crippen molar-refractivity contribution in [1.29, 1.82) is 0 Å². The molecule has 5 heterocycles. The van der Waals surface area contributed by atoms with Crippen molar-refractivity contribution in [3.63, 3.8) is 0 Å². The third kappa shape index (κ3) is 3.11. The van der Waals surface area contributed by atoms with Crippen molar-refractivity contribution in [2.45, 2.75) is 32.7 Å². The predicted octanol–water partition coefficient (Wildman–Crippen LogP) is 3.34. The van der Waals surface area contributed by atoms with Gasteiger partial charge >= 0.3 is 0 Å². The Balaban J connectivity index is 1.73. The minimum atomic E-state index is -0.272. The number of aromatic amines is 1. The number of pyridine rings is 2. The van der Waals surface area contributed by atoms with E-state index in [2.05, 4.69) is 46.1 Å². The first kappa shape index (κ1) is 19.7. The number of halogens is 1. The van der Waals surface area contributed by atoms with E-state index in [-0.39, 0.29) is 17.8 Å². The predicted molar refractivity (Wildman–Crippen MR) is 118 cm³/mol. The average Bonchev–Trinajstić information content (AvgIpc) is 3.39. The lowest BCUT2D eigenvalue weighted by atomic mass is 9.96. The first-order chi connectivity index (χ1) is 15.0. The number of piperazine rings is 1. The van der Waals surface area contributed by atoms with Gasteiger partial charge in [-0.15, -0.1) is 0 Å². The zero-order valence-electron chi connectivity index (χ0n) is 18.1. The summed E-state index contributed by atoms with van der Waals surface area (Å²) in [5, 5.41) is 8.20. The molecule has 1 aliphatic heterocycles. The highest BCUT2D eigenvalue weighted by Crippen LogP contribution is 2.40. The Morgan fingerprint density at radius 1 is 1.29 bits per heavy atom. The topological polar surface area (TPSA) is 83.4 Å².